The number of pyridine rings is 1. The largest absolute Gasteiger partial charge is 0.573 e. The Morgan fingerprint density at radius 2 is 1.86 bits per heavy atom. The van der Waals surface area contributed by atoms with Gasteiger partial charge in [0, 0.05) is 5.33 Å². The molecule has 0 unspecified atom stereocenters. The third kappa shape index (κ3) is 4.75. The van der Waals surface area contributed by atoms with Crippen LogP contribution in [-0.2, 0) is 16.2 Å². The molecule has 0 spiro atoms. The smallest absolute Gasteiger partial charge is 0.461 e. The molecular formula is C11H8BrF6NO3. The zero-order valence-electron chi connectivity index (χ0n) is 10.8. The van der Waals surface area contributed by atoms with Crippen LogP contribution in [0.4, 0.5) is 26.3 Å². The van der Waals surface area contributed by atoms with E-state index in [2.05, 4.69) is 30.4 Å². The van der Waals surface area contributed by atoms with E-state index in [1.165, 1.54) is 6.92 Å². The summed E-state index contributed by atoms with van der Waals surface area (Å²) in [6, 6.07) is 0.360. The molecule has 0 aliphatic rings. The summed E-state index contributed by atoms with van der Waals surface area (Å²) in [6.45, 7) is 1.08. The number of carbonyl (C=O) groups is 1. The van der Waals surface area contributed by atoms with Crippen LogP contribution in [0.15, 0.2) is 6.07 Å². The topological polar surface area (TPSA) is 48.4 Å². The maximum absolute atomic E-state index is 12.9. The molecule has 0 saturated carbocycles. The summed E-state index contributed by atoms with van der Waals surface area (Å²) in [5.41, 5.74) is -3.26. The maximum atomic E-state index is 12.9. The molecule has 0 fully saturated rings. The van der Waals surface area contributed by atoms with Crippen LogP contribution in [0.5, 0.6) is 5.75 Å². The molecule has 124 valence electrons. The van der Waals surface area contributed by atoms with Gasteiger partial charge < -0.3 is 9.47 Å². The molecule has 11 heteroatoms. The van der Waals surface area contributed by atoms with Crippen molar-refractivity contribution in [3.63, 3.8) is 0 Å². The molecule has 22 heavy (non-hydrogen) atoms. The van der Waals surface area contributed by atoms with Crippen molar-refractivity contribution in [2.45, 2.75) is 24.8 Å². The lowest BCUT2D eigenvalue weighted by Gasteiger charge is -2.18. The summed E-state index contributed by atoms with van der Waals surface area (Å²) >= 11 is 2.82. The van der Waals surface area contributed by atoms with Crippen molar-refractivity contribution in [3.8, 4) is 5.75 Å². The van der Waals surface area contributed by atoms with Crippen molar-refractivity contribution in [2.75, 3.05) is 6.61 Å². The van der Waals surface area contributed by atoms with Gasteiger partial charge in [-0.15, -0.1) is 13.2 Å². The highest BCUT2D eigenvalue weighted by Crippen LogP contribution is 2.40. The van der Waals surface area contributed by atoms with E-state index < -0.39 is 35.5 Å². The highest BCUT2D eigenvalue weighted by Gasteiger charge is 2.43. The number of rotatable bonds is 4. The van der Waals surface area contributed by atoms with Crippen LogP contribution in [0, 0.1) is 0 Å². The molecule has 0 aromatic carbocycles. The Balaban J connectivity index is 3.59. The third-order valence-electron chi connectivity index (χ3n) is 2.15. The van der Waals surface area contributed by atoms with E-state index in [0.717, 1.165) is 0 Å². The number of halogens is 7. The summed E-state index contributed by atoms with van der Waals surface area (Å²) in [5, 5.41) is -0.214. The first-order valence-corrected chi connectivity index (χ1v) is 6.71. The Kier molecular flexibility index (Phi) is 5.65. The number of hydrogen-bond donors (Lipinski definition) is 0. The van der Waals surface area contributed by atoms with Crippen LogP contribution >= 0.6 is 15.9 Å². The van der Waals surface area contributed by atoms with Crippen LogP contribution in [-0.4, -0.2) is 23.9 Å². The predicted molar refractivity (Wildman–Crippen MR) is 64.5 cm³/mol. The Bertz CT molecular complexity index is 558. The van der Waals surface area contributed by atoms with Gasteiger partial charge in [0.15, 0.2) is 11.4 Å². The van der Waals surface area contributed by atoms with E-state index in [0.29, 0.717) is 6.07 Å². The fourth-order valence-corrected chi connectivity index (χ4v) is 1.71. The number of carbonyl (C=O) groups excluding carboxylic acids is 1. The number of hydrogen-bond acceptors (Lipinski definition) is 4. The van der Waals surface area contributed by atoms with Gasteiger partial charge in [-0.05, 0) is 13.0 Å². The van der Waals surface area contributed by atoms with Gasteiger partial charge in [0.05, 0.1) is 12.3 Å². The number of aromatic nitrogens is 1. The van der Waals surface area contributed by atoms with Crippen molar-refractivity contribution in [1.82, 2.24) is 4.98 Å². The molecule has 0 aliphatic carbocycles. The molecule has 0 amide bonds. The summed E-state index contributed by atoms with van der Waals surface area (Å²) < 4.78 is 83.6. The van der Waals surface area contributed by atoms with E-state index >= 15 is 0 Å². The molecule has 0 radical (unpaired) electrons. The molecule has 1 heterocycles. The lowest BCUT2D eigenvalue weighted by molar-refractivity contribution is -0.276. The third-order valence-corrected chi connectivity index (χ3v) is 2.73. The minimum atomic E-state index is -5.43. The summed E-state index contributed by atoms with van der Waals surface area (Å²) in [4.78, 5) is 15.0. The SMILES string of the molecule is CCOC(=O)c1nc(CBr)cc(C(F)(F)F)c1OC(F)(F)F. The summed E-state index contributed by atoms with van der Waals surface area (Å²) in [5.74, 6) is -3.18. The van der Waals surface area contributed by atoms with Gasteiger partial charge in [-0.25, -0.2) is 9.78 Å². The Labute approximate surface area is 128 Å². The first kappa shape index (κ1) is 18.5. The average Bonchev–Trinajstić information content (AvgIpc) is 2.35. The Morgan fingerprint density at radius 1 is 1.27 bits per heavy atom. The molecule has 0 N–H and O–H groups in total. The number of ether oxygens (including phenoxy) is 2. The Hall–Kier alpha value is -1.52. The molecule has 1 rings (SSSR count). The van der Waals surface area contributed by atoms with Crippen molar-refractivity contribution in [2.24, 2.45) is 0 Å². The molecule has 0 aliphatic heterocycles. The molecular weight excluding hydrogens is 388 g/mol. The summed E-state index contributed by atoms with van der Waals surface area (Å²) in [7, 11) is 0. The van der Waals surface area contributed by atoms with Gasteiger partial charge in [-0.2, -0.15) is 13.2 Å². The van der Waals surface area contributed by atoms with E-state index in [4.69, 9.17) is 0 Å². The monoisotopic (exact) mass is 395 g/mol. The van der Waals surface area contributed by atoms with E-state index in [-0.39, 0.29) is 17.6 Å². The van der Waals surface area contributed by atoms with Crippen LogP contribution in [0.1, 0.15) is 28.7 Å². The minimum absolute atomic E-state index is 0.214. The number of nitrogens with zero attached hydrogens (tertiary/aromatic N) is 1. The lowest BCUT2D eigenvalue weighted by Crippen LogP contribution is -2.24. The second-order valence-electron chi connectivity index (χ2n) is 3.74. The van der Waals surface area contributed by atoms with E-state index in [9.17, 15) is 31.1 Å². The fourth-order valence-electron chi connectivity index (χ4n) is 1.42. The molecule has 0 bridgehead atoms. The van der Waals surface area contributed by atoms with Gasteiger partial charge in [-0.3, -0.25) is 0 Å². The van der Waals surface area contributed by atoms with Crippen LogP contribution < -0.4 is 4.74 Å². The highest BCUT2D eigenvalue weighted by molar-refractivity contribution is 9.08. The van der Waals surface area contributed by atoms with Crippen LogP contribution in [0.2, 0.25) is 0 Å². The fraction of sp³-hybridized carbons (Fsp3) is 0.455. The molecule has 1 aromatic rings. The Morgan fingerprint density at radius 3 is 2.27 bits per heavy atom. The molecule has 1 aromatic heterocycles. The first-order valence-electron chi connectivity index (χ1n) is 5.59. The zero-order chi connectivity index (χ0) is 17.1. The summed E-state index contributed by atoms with van der Waals surface area (Å²) in [6.07, 6.45) is -10.6. The van der Waals surface area contributed by atoms with Crippen molar-refractivity contribution in [3.05, 3.63) is 23.0 Å². The minimum Gasteiger partial charge on any atom is -0.461 e. The van der Waals surface area contributed by atoms with Gasteiger partial charge in [0.1, 0.15) is 5.56 Å². The zero-order valence-corrected chi connectivity index (χ0v) is 12.4. The van der Waals surface area contributed by atoms with Crippen molar-refractivity contribution in [1.29, 1.82) is 0 Å². The van der Waals surface area contributed by atoms with Crippen LogP contribution in [0.25, 0.3) is 0 Å². The van der Waals surface area contributed by atoms with Gasteiger partial charge in [-0.1, -0.05) is 15.9 Å². The van der Waals surface area contributed by atoms with Gasteiger partial charge in [0.25, 0.3) is 0 Å². The average molecular weight is 396 g/mol. The molecule has 4 nitrogen and oxygen atoms in total. The van der Waals surface area contributed by atoms with Gasteiger partial charge in [0.2, 0.25) is 0 Å². The number of esters is 1. The van der Waals surface area contributed by atoms with Gasteiger partial charge >= 0.3 is 18.5 Å². The lowest BCUT2D eigenvalue weighted by atomic mass is 10.1. The quantitative estimate of drug-likeness (QED) is 0.438. The molecule has 0 atom stereocenters. The van der Waals surface area contributed by atoms with E-state index in [1.54, 1.807) is 0 Å². The standard InChI is InChI=1S/C11H8BrF6NO3/c1-2-21-9(20)7-8(22-11(16,17)18)6(10(13,14)15)3-5(4-12)19-7/h3H,2,4H2,1H3. The van der Waals surface area contributed by atoms with E-state index in [1.807, 2.05) is 0 Å². The first-order chi connectivity index (χ1) is 9.99. The maximum Gasteiger partial charge on any atom is 0.573 e. The number of alkyl halides is 7. The van der Waals surface area contributed by atoms with Crippen molar-refractivity contribution < 1.29 is 40.6 Å². The predicted octanol–water partition coefficient (Wildman–Crippen LogP) is 4.07. The van der Waals surface area contributed by atoms with Crippen LogP contribution in [0.3, 0.4) is 0 Å². The normalized spacial score (nSPS) is 12.2. The highest BCUT2D eigenvalue weighted by atomic mass is 79.9. The second-order valence-corrected chi connectivity index (χ2v) is 4.30. The van der Waals surface area contributed by atoms with Crippen molar-refractivity contribution >= 4 is 21.9 Å². The second kappa shape index (κ2) is 6.71. The molecule has 0 saturated heterocycles.